The number of rotatable bonds is 34. The normalized spacial score (nSPS) is 13.4. The van der Waals surface area contributed by atoms with Crippen LogP contribution in [0.4, 0.5) is 0 Å². The molecule has 284 valence electrons. The molecular weight excluding hydrogens is 618 g/mol. The number of esters is 2. The molecule has 0 aromatic rings. The topological polar surface area (TPSA) is 102 Å². The fraction of sp³-hybridized carbons (Fsp3) is 0.780. The van der Waals surface area contributed by atoms with Crippen LogP contribution in [-0.2, 0) is 28.6 Å². The number of carboxylic acids is 1. The van der Waals surface area contributed by atoms with E-state index in [0.29, 0.717) is 12.8 Å². The number of carboxylic acid groups (broad SMARTS) is 1. The molecule has 0 N–H and O–H groups in total. The van der Waals surface area contributed by atoms with Crippen LogP contribution in [-0.4, -0.2) is 75.5 Å². The minimum Gasteiger partial charge on any atom is -0.544 e. The van der Waals surface area contributed by atoms with Crippen LogP contribution < -0.4 is 5.11 Å². The van der Waals surface area contributed by atoms with Crippen molar-refractivity contribution in [3.05, 3.63) is 36.5 Å². The fourth-order valence-corrected chi connectivity index (χ4v) is 5.48. The molecule has 8 heteroatoms. The lowest BCUT2D eigenvalue weighted by molar-refractivity contribution is -0.889. The Hall–Kier alpha value is -2.45. The van der Waals surface area contributed by atoms with Gasteiger partial charge in [0.15, 0.2) is 6.10 Å². The highest BCUT2D eigenvalue weighted by Gasteiger charge is 2.25. The average molecular weight is 692 g/mol. The molecule has 0 radical (unpaired) electrons. The number of hydrogen-bond acceptors (Lipinski definition) is 7. The lowest BCUT2D eigenvalue weighted by atomic mass is 10.1. The molecule has 0 spiro atoms. The van der Waals surface area contributed by atoms with Gasteiger partial charge in [0, 0.05) is 19.3 Å². The van der Waals surface area contributed by atoms with E-state index in [1.54, 1.807) is 21.1 Å². The second kappa shape index (κ2) is 32.7. The van der Waals surface area contributed by atoms with Crippen LogP contribution in [0.2, 0.25) is 0 Å². The SMILES string of the molecule is CCCCCCC/C=C/C=C/C=C/CCCCCCCC(=O)OCC(COCCC(C(=O)[O-])[N+](C)(C)C)OC(=O)CCCCCCCCC. The number of ether oxygens (including phenoxy) is 3. The second-order valence-electron chi connectivity index (χ2n) is 14.2. The summed E-state index contributed by atoms with van der Waals surface area (Å²) >= 11 is 0. The number of aliphatic carboxylic acids is 1. The van der Waals surface area contributed by atoms with E-state index in [0.717, 1.165) is 64.2 Å². The summed E-state index contributed by atoms with van der Waals surface area (Å²) in [5.41, 5.74) is 0. The maximum atomic E-state index is 12.5. The maximum Gasteiger partial charge on any atom is 0.306 e. The van der Waals surface area contributed by atoms with E-state index in [1.165, 1.54) is 57.8 Å². The first-order valence-corrected chi connectivity index (χ1v) is 19.5. The molecule has 2 atom stereocenters. The first-order valence-electron chi connectivity index (χ1n) is 19.5. The second-order valence-corrected chi connectivity index (χ2v) is 14.2. The van der Waals surface area contributed by atoms with Gasteiger partial charge in [-0.2, -0.15) is 0 Å². The molecule has 0 aliphatic carbocycles. The van der Waals surface area contributed by atoms with Crippen LogP contribution in [0.25, 0.3) is 0 Å². The maximum absolute atomic E-state index is 12.5. The van der Waals surface area contributed by atoms with Gasteiger partial charge < -0.3 is 28.6 Å². The Morgan fingerprint density at radius 1 is 0.612 bits per heavy atom. The Labute approximate surface area is 300 Å². The first-order chi connectivity index (χ1) is 23.6. The molecule has 2 unspecified atom stereocenters. The Bertz CT molecular complexity index is 906. The number of carbonyl (C=O) groups excluding carboxylic acids is 3. The summed E-state index contributed by atoms with van der Waals surface area (Å²) in [5.74, 6) is -1.77. The van der Waals surface area contributed by atoms with Gasteiger partial charge in [0.1, 0.15) is 12.6 Å². The van der Waals surface area contributed by atoms with Gasteiger partial charge in [-0.15, -0.1) is 0 Å². The summed E-state index contributed by atoms with van der Waals surface area (Å²) in [4.78, 5) is 36.5. The molecule has 0 saturated heterocycles. The van der Waals surface area contributed by atoms with Gasteiger partial charge in [-0.05, 0) is 38.5 Å². The molecule has 8 nitrogen and oxygen atoms in total. The summed E-state index contributed by atoms with van der Waals surface area (Å²) in [6.45, 7) is 4.56. The molecule has 0 aliphatic heterocycles. The Kier molecular flexibility index (Phi) is 31.1. The van der Waals surface area contributed by atoms with E-state index in [1.807, 2.05) is 0 Å². The predicted molar refractivity (Wildman–Crippen MR) is 199 cm³/mol. The van der Waals surface area contributed by atoms with Crippen LogP contribution in [0.3, 0.4) is 0 Å². The van der Waals surface area contributed by atoms with E-state index in [2.05, 4.69) is 50.3 Å². The zero-order chi connectivity index (χ0) is 36.4. The van der Waals surface area contributed by atoms with Crippen molar-refractivity contribution in [1.29, 1.82) is 0 Å². The number of carbonyl (C=O) groups is 3. The lowest BCUT2D eigenvalue weighted by Gasteiger charge is -2.34. The smallest absolute Gasteiger partial charge is 0.306 e. The summed E-state index contributed by atoms with van der Waals surface area (Å²) in [6, 6.07) is -0.725. The molecule has 0 heterocycles. The third-order valence-corrected chi connectivity index (χ3v) is 8.59. The van der Waals surface area contributed by atoms with Gasteiger partial charge in [-0.25, -0.2) is 0 Å². The van der Waals surface area contributed by atoms with Gasteiger partial charge >= 0.3 is 11.9 Å². The Morgan fingerprint density at radius 3 is 1.57 bits per heavy atom. The Morgan fingerprint density at radius 2 is 1.08 bits per heavy atom. The van der Waals surface area contributed by atoms with Gasteiger partial charge in [-0.3, -0.25) is 9.59 Å². The van der Waals surface area contributed by atoms with Gasteiger partial charge in [0.2, 0.25) is 0 Å². The number of hydrogen-bond donors (Lipinski definition) is 0. The van der Waals surface area contributed by atoms with Gasteiger partial charge in [0.25, 0.3) is 0 Å². The van der Waals surface area contributed by atoms with Crippen molar-refractivity contribution in [2.24, 2.45) is 0 Å². The van der Waals surface area contributed by atoms with Crippen LogP contribution in [0.15, 0.2) is 36.5 Å². The molecule has 0 rings (SSSR count). The van der Waals surface area contributed by atoms with Crippen LogP contribution in [0.1, 0.15) is 155 Å². The molecule has 49 heavy (non-hydrogen) atoms. The number of nitrogens with zero attached hydrogens (tertiary/aromatic N) is 1. The van der Waals surface area contributed by atoms with E-state index in [9.17, 15) is 19.5 Å². The quantitative estimate of drug-likeness (QED) is 0.0288. The van der Waals surface area contributed by atoms with Crippen molar-refractivity contribution in [1.82, 2.24) is 0 Å². The Balaban J connectivity index is 4.34. The van der Waals surface area contributed by atoms with Crippen LogP contribution in [0, 0.1) is 0 Å². The van der Waals surface area contributed by atoms with Crippen molar-refractivity contribution in [2.45, 2.75) is 167 Å². The third kappa shape index (κ3) is 31.3. The van der Waals surface area contributed by atoms with E-state index in [-0.39, 0.29) is 42.7 Å². The first kappa shape index (κ1) is 46.5. The highest BCUT2D eigenvalue weighted by molar-refractivity contribution is 5.70. The minimum absolute atomic E-state index is 0.0348. The minimum atomic E-state index is -1.13. The molecule has 0 aromatic carbocycles. The number of likely N-dealkylation sites (N-methyl/N-ethyl adjacent to an activating group) is 1. The van der Waals surface area contributed by atoms with Crippen LogP contribution in [0.5, 0.6) is 0 Å². The van der Waals surface area contributed by atoms with Gasteiger partial charge in [-0.1, -0.05) is 134 Å². The largest absolute Gasteiger partial charge is 0.544 e. The third-order valence-electron chi connectivity index (χ3n) is 8.59. The van der Waals surface area contributed by atoms with Crippen molar-refractivity contribution in [3.63, 3.8) is 0 Å². The average Bonchev–Trinajstić information content (AvgIpc) is 3.05. The molecule has 0 aromatic heterocycles. The van der Waals surface area contributed by atoms with Crippen molar-refractivity contribution >= 4 is 17.9 Å². The zero-order valence-corrected chi connectivity index (χ0v) is 32.1. The summed E-state index contributed by atoms with van der Waals surface area (Å²) in [7, 11) is 5.38. The lowest BCUT2D eigenvalue weighted by Crippen LogP contribution is -2.55. The number of quaternary nitrogens is 1. The monoisotopic (exact) mass is 692 g/mol. The molecule has 0 aliphatic rings. The van der Waals surface area contributed by atoms with E-state index in [4.69, 9.17) is 14.2 Å². The van der Waals surface area contributed by atoms with Crippen molar-refractivity contribution in [2.75, 3.05) is 41.0 Å². The number of unbranched alkanes of at least 4 members (excludes halogenated alkanes) is 16. The van der Waals surface area contributed by atoms with E-state index >= 15 is 0 Å². The number of allylic oxidation sites excluding steroid dienone is 6. The van der Waals surface area contributed by atoms with Crippen molar-refractivity contribution < 1.29 is 38.2 Å². The standard InChI is InChI=1S/C41H73NO7/c1-6-8-10-12-14-15-16-17-18-19-20-21-22-23-24-26-27-29-31-39(43)48-36-37(35-47-34-33-38(41(45)46)42(3,4)5)49-40(44)32-30-28-25-13-11-9-7-2/h16-21,37-38H,6-15,22-36H2,1-5H3/b17-16+,19-18+,21-20+. The zero-order valence-electron chi connectivity index (χ0n) is 32.1. The molecule has 0 bridgehead atoms. The molecule has 0 fully saturated rings. The highest BCUT2D eigenvalue weighted by atomic mass is 16.6. The molecule has 0 amide bonds. The summed E-state index contributed by atoms with van der Waals surface area (Å²) in [6.07, 6.45) is 34.7. The summed E-state index contributed by atoms with van der Waals surface area (Å²) < 4.78 is 17.0. The predicted octanol–water partition coefficient (Wildman–Crippen LogP) is 8.57. The highest BCUT2D eigenvalue weighted by Crippen LogP contribution is 2.12. The van der Waals surface area contributed by atoms with Gasteiger partial charge in [0.05, 0.1) is 40.3 Å². The molecule has 0 saturated carbocycles. The fourth-order valence-electron chi connectivity index (χ4n) is 5.48. The van der Waals surface area contributed by atoms with Crippen LogP contribution >= 0.6 is 0 Å². The summed E-state index contributed by atoms with van der Waals surface area (Å²) in [5, 5.41) is 11.5. The van der Waals surface area contributed by atoms with Crippen molar-refractivity contribution in [3.8, 4) is 0 Å². The van der Waals surface area contributed by atoms with E-state index < -0.39 is 18.1 Å². The molecular formula is C41H73NO7.